The van der Waals surface area contributed by atoms with Gasteiger partial charge in [0.05, 0.1) is 5.56 Å². The number of aryl methyl sites for hydroxylation is 2. The van der Waals surface area contributed by atoms with Gasteiger partial charge in [0, 0.05) is 11.3 Å². The van der Waals surface area contributed by atoms with Crippen LogP contribution in [0.1, 0.15) is 40.9 Å². The Balaban J connectivity index is 0.00000139. The summed E-state index contributed by atoms with van der Waals surface area (Å²) in [6, 6.07) is 7.30. The highest BCUT2D eigenvalue weighted by Crippen LogP contribution is 2.33. The number of carbonyl (C=O) groups excluding carboxylic acids is 1. The summed E-state index contributed by atoms with van der Waals surface area (Å²) in [6.07, 6.45) is -4.81. The first kappa shape index (κ1) is 19.7. The van der Waals surface area contributed by atoms with E-state index in [2.05, 4.69) is 5.32 Å². The highest BCUT2D eigenvalue weighted by atomic mass is 19.4. The molecule has 0 atom stereocenters. The maximum absolute atomic E-state index is 13.2. The molecule has 0 bridgehead atoms. The van der Waals surface area contributed by atoms with Crippen LogP contribution in [0.15, 0.2) is 36.4 Å². The Morgan fingerprint density at radius 3 is 2.12 bits per heavy atom. The van der Waals surface area contributed by atoms with Gasteiger partial charge in [-0.3, -0.25) is 4.79 Å². The Hall–Kier alpha value is -2.37. The van der Waals surface area contributed by atoms with Gasteiger partial charge in [-0.05, 0) is 55.3 Å². The number of carbonyl (C=O) groups is 1. The summed E-state index contributed by atoms with van der Waals surface area (Å²) >= 11 is 0. The number of anilines is 1. The van der Waals surface area contributed by atoms with Gasteiger partial charge in [-0.15, -0.1) is 0 Å². The van der Waals surface area contributed by atoms with Gasteiger partial charge in [-0.1, -0.05) is 19.9 Å². The van der Waals surface area contributed by atoms with Crippen LogP contribution in [0.4, 0.5) is 23.2 Å². The normalized spacial score (nSPS) is 10.7. The number of benzene rings is 2. The number of rotatable bonds is 2. The fourth-order valence-corrected chi connectivity index (χ4v) is 1.91. The zero-order chi connectivity index (χ0) is 18.5. The number of nitrogens with one attached hydrogen (secondary N) is 1. The van der Waals surface area contributed by atoms with Gasteiger partial charge in [-0.2, -0.15) is 13.2 Å². The summed E-state index contributed by atoms with van der Waals surface area (Å²) in [4.78, 5) is 12.0. The van der Waals surface area contributed by atoms with Crippen molar-refractivity contribution in [2.24, 2.45) is 0 Å². The molecule has 0 heterocycles. The molecule has 24 heavy (non-hydrogen) atoms. The first-order valence-corrected chi connectivity index (χ1v) is 7.44. The van der Waals surface area contributed by atoms with E-state index in [1.165, 1.54) is 0 Å². The third kappa shape index (κ3) is 4.81. The summed E-state index contributed by atoms with van der Waals surface area (Å²) in [7, 11) is 0. The predicted octanol–water partition coefficient (Wildman–Crippen LogP) is 5.74. The van der Waals surface area contributed by atoms with E-state index in [1.807, 2.05) is 27.7 Å². The second-order valence-electron chi connectivity index (χ2n) is 4.95. The Bertz CT molecular complexity index is 723. The molecular weight excluding hydrogens is 322 g/mol. The van der Waals surface area contributed by atoms with Crippen LogP contribution in [0.3, 0.4) is 0 Å². The molecule has 130 valence electrons. The predicted molar refractivity (Wildman–Crippen MR) is 86.6 cm³/mol. The standard InChI is InChI=1S/C16H13F4NO.C2H6/c1-9-3-4-11(7-10(9)2)15(22)21-12-5-6-14(17)13(8-12)16(18,19)20;1-2/h3-8H,1-2H3,(H,21,22);1-2H3. The molecule has 6 heteroatoms. The first-order chi connectivity index (χ1) is 11.2. The maximum atomic E-state index is 13.2. The van der Waals surface area contributed by atoms with Gasteiger partial charge in [-0.25, -0.2) is 4.39 Å². The van der Waals surface area contributed by atoms with Crippen molar-refractivity contribution < 1.29 is 22.4 Å². The minimum atomic E-state index is -4.81. The summed E-state index contributed by atoms with van der Waals surface area (Å²) in [5.41, 5.74) is 0.684. The fraction of sp³-hybridized carbons (Fsp3) is 0.278. The van der Waals surface area contributed by atoms with Gasteiger partial charge < -0.3 is 5.32 Å². The minimum absolute atomic E-state index is 0.114. The lowest BCUT2D eigenvalue weighted by atomic mass is 10.1. The minimum Gasteiger partial charge on any atom is -0.322 e. The van der Waals surface area contributed by atoms with Crippen LogP contribution >= 0.6 is 0 Å². The number of hydrogen-bond acceptors (Lipinski definition) is 1. The smallest absolute Gasteiger partial charge is 0.322 e. The lowest BCUT2D eigenvalue weighted by molar-refractivity contribution is -0.139. The van der Waals surface area contributed by atoms with Gasteiger partial charge >= 0.3 is 6.18 Å². The Morgan fingerprint density at radius 2 is 1.58 bits per heavy atom. The number of halogens is 4. The van der Waals surface area contributed by atoms with E-state index in [4.69, 9.17) is 0 Å². The first-order valence-electron chi connectivity index (χ1n) is 7.44. The van der Waals surface area contributed by atoms with E-state index in [1.54, 1.807) is 18.2 Å². The molecule has 2 rings (SSSR count). The molecule has 2 aromatic carbocycles. The molecule has 0 saturated carbocycles. The van der Waals surface area contributed by atoms with Gasteiger partial charge in [0.1, 0.15) is 5.82 Å². The van der Waals surface area contributed by atoms with Gasteiger partial charge in [0.2, 0.25) is 0 Å². The summed E-state index contributed by atoms with van der Waals surface area (Å²) < 4.78 is 51.1. The molecule has 0 radical (unpaired) electrons. The van der Waals surface area contributed by atoms with Crippen LogP contribution < -0.4 is 5.32 Å². The van der Waals surface area contributed by atoms with E-state index in [0.717, 1.165) is 17.2 Å². The maximum Gasteiger partial charge on any atom is 0.419 e. The van der Waals surface area contributed by atoms with Crippen LogP contribution in [0.25, 0.3) is 0 Å². The van der Waals surface area contributed by atoms with E-state index < -0.39 is 23.5 Å². The SMILES string of the molecule is CC.Cc1ccc(C(=O)Nc2ccc(F)c(C(F)(F)F)c2)cc1C. The zero-order valence-corrected chi connectivity index (χ0v) is 13.9. The van der Waals surface area contributed by atoms with Crippen LogP contribution in [0.5, 0.6) is 0 Å². The lowest BCUT2D eigenvalue weighted by Crippen LogP contribution is -2.14. The molecule has 0 aliphatic rings. The Labute approximate surface area is 138 Å². The number of hydrogen-bond donors (Lipinski definition) is 1. The van der Waals surface area contributed by atoms with Crippen LogP contribution in [-0.4, -0.2) is 5.91 Å². The van der Waals surface area contributed by atoms with Crippen LogP contribution in [0, 0.1) is 19.7 Å². The summed E-state index contributed by atoms with van der Waals surface area (Å²) in [5.74, 6) is -1.93. The fourth-order valence-electron chi connectivity index (χ4n) is 1.91. The molecule has 1 N–H and O–H groups in total. The Kier molecular flexibility index (Phi) is 6.51. The third-order valence-electron chi connectivity index (χ3n) is 3.30. The Morgan fingerprint density at radius 1 is 0.958 bits per heavy atom. The van der Waals surface area contributed by atoms with Crippen LogP contribution in [-0.2, 0) is 6.18 Å². The monoisotopic (exact) mass is 341 g/mol. The molecular formula is C18H19F4NO. The van der Waals surface area contributed by atoms with Crippen molar-refractivity contribution in [1.29, 1.82) is 0 Å². The molecule has 0 fully saturated rings. The van der Waals surface area contributed by atoms with Crippen molar-refractivity contribution in [2.45, 2.75) is 33.9 Å². The van der Waals surface area contributed by atoms with Crippen molar-refractivity contribution in [2.75, 3.05) is 5.32 Å². The van der Waals surface area contributed by atoms with Crippen LogP contribution in [0.2, 0.25) is 0 Å². The molecule has 0 aromatic heterocycles. The van der Waals surface area contributed by atoms with Crippen molar-refractivity contribution in [1.82, 2.24) is 0 Å². The lowest BCUT2D eigenvalue weighted by Gasteiger charge is -2.11. The number of amides is 1. The van der Waals surface area contributed by atoms with Gasteiger partial charge in [0.15, 0.2) is 0 Å². The van der Waals surface area contributed by atoms with E-state index >= 15 is 0 Å². The topological polar surface area (TPSA) is 29.1 Å². The summed E-state index contributed by atoms with van der Waals surface area (Å²) in [6.45, 7) is 7.71. The highest BCUT2D eigenvalue weighted by molar-refractivity contribution is 6.04. The molecule has 0 unspecified atom stereocenters. The zero-order valence-electron chi connectivity index (χ0n) is 13.9. The van der Waals surface area contributed by atoms with Crippen molar-refractivity contribution in [3.63, 3.8) is 0 Å². The molecule has 0 aliphatic carbocycles. The second-order valence-corrected chi connectivity index (χ2v) is 4.95. The summed E-state index contributed by atoms with van der Waals surface area (Å²) in [5, 5.41) is 2.34. The van der Waals surface area contributed by atoms with Crippen molar-refractivity contribution >= 4 is 11.6 Å². The van der Waals surface area contributed by atoms with E-state index in [0.29, 0.717) is 17.7 Å². The molecule has 1 amide bonds. The molecule has 2 nitrogen and oxygen atoms in total. The van der Waals surface area contributed by atoms with Crippen molar-refractivity contribution in [3.8, 4) is 0 Å². The number of alkyl halides is 3. The molecule has 0 spiro atoms. The van der Waals surface area contributed by atoms with E-state index in [9.17, 15) is 22.4 Å². The average molecular weight is 341 g/mol. The third-order valence-corrected chi connectivity index (χ3v) is 3.30. The quantitative estimate of drug-likeness (QED) is 0.693. The van der Waals surface area contributed by atoms with Gasteiger partial charge in [0.25, 0.3) is 5.91 Å². The van der Waals surface area contributed by atoms with E-state index in [-0.39, 0.29) is 5.69 Å². The average Bonchev–Trinajstić information content (AvgIpc) is 2.52. The van der Waals surface area contributed by atoms with Crippen molar-refractivity contribution in [3.05, 3.63) is 64.5 Å². The second kappa shape index (κ2) is 7.95. The largest absolute Gasteiger partial charge is 0.419 e. The molecule has 2 aromatic rings. The molecule has 0 aliphatic heterocycles. The molecule has 0 saturated heterocycles. The highest BCUT2D eigenvalue weighted by Gasteiger charge is 2.34.